The fraction of sp³-hybridized carbons (Fsp3) is 0.143. The molecule has 0 radical (unpaired) electrons. The van der Waals surface area contributed by atoms with Gasteiger partial charge in [-0.25, -0.2) is 0 Å². The third-order valence-electron chi connectivity index (χ3n) is 0.803. The van der Waals surface area contributed by atoms with Crippen LogP contribution in [0.25, 0.3) is 0 Å². The second-order valence-electron chi connectivity index (χ2n) is 1.53. The van der Waals surface area contributed by atoms with Crippen LogP contribution in [-0.2, 0) is 0 Å². The molecule has 1 nitrogen and oxygen atoms in total. The number of phenols is 1. The molecule has 0 amide bonds. The second-order valence-corrected chi connectivity index (χ2v) is 1.53. The second kappa shape index (κ2) is 1.86. The van der Waals surface area contributed by atoms with Gasteiger partial charge in [0, 0.05) is 0 Å². The Morgan fingerprint density at radius 2 is 2.38 bits per heavy atom. The topological polar surface area (TPSA) is 20.2 Å². The van der Waals surface area contributed by atoms with E-state index in [0.717, 1.165) is 0 Å². The van der Waals surface area contributed by atoms with E-state index in [0.29, 0.717) is 5.56 Å². The van der Waals surface area contributed by atoms with E-state index in [4.69, 9.17) is 9.22 Å². The van der Waals surface area contributed by atoms with Crippen molar-refractivity contribution < 1.29 is 9.22 Å². The number of aromatic hydroxyl groups is 1. The van der Waals surface area contributed by atoms with E-state index in [1.165, 1.54) is 6.07 Å². The third-order valence-corrected chi connectivity index (χ3v) is 0.803. The summed E-state index contributed by atoms with van der Waals surface area (Å²) >= 11 is 0. The van der Waals surface area contributed by atoms with Crippen molar-refractivity contribution in [2.24, 2.45) is 0 Å². The molecule has 1 rings (SSSR count). The van der Waals surface area contributed by atoms with Gasteiger partial charge in [-0.15, -0.1) is 0 Å². The number of hydrogen-bond acceptors (Lipinski definition) is 1. The quantitative estimate of drug-likeness (QED) is 0.540. The summed E-state index contributed by atoms with van der Waals surface area (Å²) in [4.78, 5) is 0. The van der Waals surface area contributed by atoms with E-state index < -0.39 is 0 Å². The summed E-state index contributed by atoms with van der Waals surface area (Å²) in [6.45, 7) is 1.57. The van der Waals surface area contributed by atoms with Gasteiger partial charge in [0.1, 0.15) is 5.75 Å². The molecule has 0 spiro atoms. The zero-order valence-electron chi connectivity index (χ0n) is 7.52. The van der Waals surface area contributed by atoms with Gasteiger partial charge in [-0.2, -0.15) is 0 Å². The lowest BCUT2D eigenvalue weighted by Crippen LogP contribution is -1.66. The van der Waals surface area contributed by atoms with E-state index >= 15 is 0 Å². The van der Waals surface area contributed by atoms with E-state index in [2.05, 4.69) is 0 Å². The van der Waals surface area contributed by atoms with Gasteiger partial charge in [0.05, 0.1) is 4.11 Å². The first-order chi connectivity index (χ1) is 5.04. The van der Waals surface area contributed by atoms with Gasteiger partial charge in [0.2, 0.25) is 0 Å². The van der Waals surface area contributed by atoms with Crippen molar-refractivity contribution in [1.29, 1.82) is 0 Å². The van der Waals surface area contributed by atoms with Crippen LogP contribution in [0.15, 0.2) is 24.2 Å². The van der Waals surface area contributed by atoms with Crippen LogP contribution in [0, 0.1) is 6.92 Å². The van der Waals surface area contributed by atoms with E-state index in [1.54, 1.807) is 6.92 Å². The summed E-state index contributed by atoms with van der Waals surface area (Å²) in [5, 5.41) is 9.05. The van der Waals surface area contributed by atoms with E-state index in [9.17, 15) is 0 Å². The molecule has 1 aromatic carbocycles. The van der Waals surface area contributed by atoms with Gasteiger partial charge in [-0.05, 0) is 24.6 Å². The Labute approximate surface area is 52.8 Å². The Kier molecular flexibility index (Phi) is 0.591. The average molecular weight is 111 g/mol. The maximum atomic E-state index is 9.05. The minimum absolute atomic E-state index is 0.123. The highest BCUT2D eigenvalue weighted by atomic mass is 16.3. The molecule has 0 saturated heterocycles. The van der Waals surface area contributed by atoms with Gasteiger partial charge in [0.25, 0.3) is 0 Å². The first-order valence-electron chi connectivity index (χ1n) is 3.80. The SMILES string of the molecule is [2H]c1cc([2H])c(O)c([2H])c1C. The molecule has 0 aliphatic heterocycles. The zero-order chi connectivity index (χ0) is 8.59. The van der Waals surface area contributed by atoms with Crippen molar-refractivity contribution in [1.82, 2.24) is 0 Å². The van der Waals surface area contributed by atoms with Crippen LogP contribution >= 0.6 is 0 Å². The van der Waals surface area contributed by atoms with Crippen LogP contribution in [0.2, 0.25) is 0 Å². The Morgan fingerprint density at radius 1 is 1.62 bits per heavy atom. The van der Waals surface area contributed by atoms with Crippen LogP contribution in [0.4, 0.5) is 0 Å². The van der Waals surface area contributed by atoms with Crippen LogP contribution in [0.1, 0.15) is 9.68 Å². The number of phenolic OH excluding ortho intramolecular Hbond substituents is 1. The van der Waals surface area contributed by atoms with Crippen molar-refractivity contribution >= 4 is 0 Å². The van der Waals surface area contributed by atoms with Crippen molar-refractivity contribution in [2.75, 3.05) is 0 Å². The third kappa shape index (κ3) is 0.997. The van der Waals surface area contributed by atoms with Crippen molar-refractivity contribution in [2.45, 2.75) is 6.92 Å². The molecule has 0 unspecified atom stereocenters. The van der Waals surface area contributed by atoms with Crippen molar-refractivity contribution in [3.63, 3.8) is 0 Å². The minimum Gasteiger partial charge on any atom is -0.508 e. The predicted octanol–water partition coefficient (Wildman–Crippen LogP) is 1.70. The first-order valence-corrected chi connectivity index (χ1v) is 2.30. The maximum Gasteiger partial charge on any atom is 0.115 e. The standard InChI is InChI=1S/C7H8O/c1-6-3-2-4-7(8)5-6/h2-5,8H,1H3/i3D,4D,5D. The molecule has 0 saturated carbocycles. The van der Waals surface area contributed by atoms with Crippen LogP contribution in [0.5, 0.6) is 5.75 Å². The smallest absolute Gasteiger partial charge is 0.115 e. The number of hydrogen-bond donors (Lipinski definition) is 1. The molecule has 1 heteroatoms. The summed E-state index contributed by atoms with van der Waals surface area (Å²) in [7, 11) is 0. The largest absolute Gasteiger partial charge is 0.508 e. The zero-order valence-corrected chi connectivity index (χ0v) is 4.52. The Hall–Kier alpha value is -0.980. The van der Waals surface area contributed by atoms with Crippen LogP contribution < -0.4 is 0 Å². The number of rotatable bonds is 0. The average Bonchev–Trinajstić information content (AvgIpc) is 1.97. The van der Waals surface area contributed by atoms with Gasteiger partial charge in [-0.1, -0.05) is 12.1 Å². The lowest BCUT2D eigenvalue weighted by Gasteiger charge is -1.89. The van der Waals surface area contributed by atoms with E-state index in [1.807, 2.05) is 0 Å². The van der Waals surface area contributed by atoms with Gasteiger partial charge in [0.15, 0.2) is 0 Å². The van der Waals surface area contributed by atoms with Crippen molar-refractivity contribution in [3.8, 4) is 5.75 Å². The Morgan fingerprint density at radius 3 is 3.12 bits per heavy atom. The summed E-state index contributed by atoms with van der Waals surface area (Å²) < 4.78 is 21.6. The molecule has 0 bridgehead atoms. The summed E-state index contributed by atoms with van der Waals surface area (Å²) in [5.74, 6) is -0.349. The molecular formula is C7H8O. The molecule has 0 fully saturated rings. The molecule has 0 aliphatic carbocycles. The summed E-state index contributed by atoms with van der Waals surface area (Å²) in [5.41, 5.74) is 0.401. The van der Waals surface area contributed by atoms with Gasteiger partial charge in [-0.3, -0.25) is 0 Å². The lowest BCUT2D eigenvalue weighted by atomic mass is 10.2. The van der Waals surface area contributed by atoms with Crippen molar-refractivity contribution in [3.05, 3.63) is 29.8 Å². The fourth-order valence-corrected chi connectivity index (χ4v) is 0.462. The van der Waals surface area contributed by atoms with E-state index in [-0.39, 0.29) is 23.9 Å². The maximum absolute atomic E-state index is 9.05. The highest BCUT2D eigenvalue weighted by molar-refractivity contribution is 5.25. The van der Waals surface area contributed by atoms with Gasteiger partial charge < -0.3 is 5.11 Å². The molecule has 8 heavy (non-hydrogen) atoms. The first kappa shape index (κ1) is 2.53. The van der Waals surface area contributed by atoms with Crippen LogP contribution in [-0.4, -0.2) is 5.11 Å². The highest BCUT2D eigenvalue weighted by Crippen LogP contribution is 2.08. The molecular weight excluding hydrogens is 100 g/mol. The molecule has 1 N–H and O–H groups in total. The number of benzene rings is 1. The minimum atomic E-state index is -0.349. The molecule has 0 heterocycles. The normalized spacial score (nSPS) is 14.4. The molecule has 42 valence electrons. The van der Waals surface area contributed by atoms with Crippen LogP contribution in [0.3, 0.4) is 0 Å². The Bertz CT molecular complexity index is 270. The molecule has 0 aliphatic rings. The summed E-state index contributed by atoms with van der Waals surface area (Å²) in [6.07, 6.45) is 0. The Balaban J connectivity index is 3.46. The highest BCUT2D eigenvalue weighted by Gasteiger charge is 1.83. The monoisotopic (exact) mass is 111 g/mol. The van der Waals surface area contributed by atoms with Gasteiger partial charge >= 0.3 is 0 Å². The molecule has 0 aromatic heterocycles. The fourth-order valence-electron chi connectivity index (χ4n) is 0.462. The molecule has 1 aromatic rings. The predicted molar refractivity (Wildman–Crippen MR) is 32.8 cm³/mol. The lowest BCUT2D eigenvalue weighted by molar-refractivity contribution is 0.475. The molecule has 0 atom stereocenters. The summed E-state index contributed by atoms with van der Waals surface area (Å²) in [6, 6.07) is 1.06.